The molecule has 112 valence electrons. The molecule has 1 fully saturated rings. The molecular formula is C12H18N2O5S. The van der Waals surface area contributed by atoms with Crippen molar-refractivity contribution in [2.24, 2.45) is 0 Å². The fourth-order valence-corrected chi connectivity index (χ4v) is 4.42. The van der Waals surface area contributed by atoms with Crippen molar-refractivity contribution in [3.8, 4) is 0 Å². The highest BCUT2D eigenvalue weighted by Gasteiger charge is 2.33. The molecule has 0 radical (unpaired) electrons. The number of aromatic carboxylic acids is 1. The van der Waals surface area contributed by atoms with Crippen LogP contribution >= 0.6 is 0 Å². The van der Waals surface area contributed by atoms with Gasteiger partial charge in [-0.3, -0.25) is 0 Å². The number of nitrogens with zero attached hydrogens (tertiary/aromatic N) is 1. The summed E-state index contributed by atoms with van der Waals surface area (Å²) in [6, 6.07) is 0. The predicted molar refractivity (Wildman–Crippen MR) is 71.2 cm³/mol. The Morgan fingerprint density at radius 2 is 1.85 bits per heavy atom. The zero-order chi connectivity index (χ0) is 15.1. The van der Waals surface area contributed by atoms with Gasteiger partial charge in [0.15, 0.2) is 0 Å². The molecule has 1 aliphatic heterocycles. The highest BCUT2D eigenvalue weighted by molar-refractivity contribution is 7.89. The van der Waals surface area contributed by atoms with Crippen LogP contribution in [0.3, 0.4) is 0 Å². The van der Waals surface area contributed by atoms with E-state index in [1.807, 2.05) is 0 Å². The Balaban J connectivity index is 2.42. The summed E-state index contributed by atoms with van der Waals surface area (Å²) in [6.45, 7) is 3.52. The van der Waals surface area contributed by atoms with Gasteiger partial charge in [-0.15, -0.1) is 0 Å². The van der Waals surface area contributed by atoms with E-state index in [0.717, 1.165) is 0 Å². The van der Waals surface area contributed by atoms with E-state index in [1.54, 1.807) is 6.92 Å². The van der Waals surface area contributed by atoms with Crippen LogP contribution in [0.15, 0.2) is 4.90 Å². The van der Waals surface area contributed by atoms with Gasteiger partial charge in [0.1, 0.15) is 10.6 Å². The lowest BCUT2D eigenvalue weighted by molar-refractivity contribution is 0.0690. The summed E-state index contributed by atoms with van der Waals surface area (Å²) in [5, 5.41) is 18.5. The van der Waals surface area contributed by atoms with Crippen LogP contribution in [0.2, 0.25) is 0 Å². The van der Waals surface area contributed by atoms with Crippen LogP contribution in [0.5, 0.6) is 0 Å². The SMILES string of the molecule is Cc1[nH]c(C(=O)O)c(C)c1S(=O)(=O)N1CCC(O)CC1. The fourth-order valence-electron chi connectivity index (χ4n) is 2.55. The second kappa shape index (κ2) is 5.19. The molecule has 2 heterocycles. The van der Waals surface area contributed by atoms with E-state index < -0.39 is 22.1 Å². The normalized spacial score (nSPS) is 18.4. The van der Waals surface area contributed by atoms with E-state index in [9.17, 15) is 18.3 Å². The minimum atomic E-state index is -3.73. The van der Waals surface area contributed by atoms with Crippen LogP contribution < -0.4 is 0 Å². The molecule has 0 unspecified atom stereocenters. The lowest BCUT2D eigenvalue weighted by Gasteiger charge is -2.28. The molecule has 1 saturated heterocycles. The maximum Gasteiger partial charge on any atom is 0.352 e. The van der Waals surface area contributed by atoms with E-state index in [2.05, 4.69) is 4.98 Å². The second-order valence-corrected chi connectivity index (χ2v) is 6.89. The first-order valence-corrected chi connectivity index (χ1v) is 7.79. The Bertz CT molecular complexity index is 627. The number of carboxylic acid groups (broad SMARTS) is 1. The molecule has 0 aromatic carbocycles. The number of hydrogen-bond acceptors (Lipinski definition) is 4. The average Bonchev–Trinajstić information content (AvgIpc) is 2.66. The van der Waals surface area contributed by atoms with Crippen molar-refractivity contribution >= 4 is 16.0 Å². The third kappa shape index (κ3) is 2.46. The molecule has 0 amide bonds. The molecule has 7 nitrogen and oxygen atoms in total. The smallest absolute Gasteiger partial charge is 0.352 e. The molecule has 20 heavy (non-hydrogen) atoms. The summed E-state index contributed by atoms with van der Waals surface area (Å²) in [6.07, 6.45) is 0.325. The van der Waals surface area contributed by atoms with Gasteiger partial charge in [0, 0.05) is 24.3 Å². The molecule has 3 N–H and O–H groups in total. The van der Waals surface area contributed by atoms with Gasteiger partial charge in [0.2, 0.25) is 10.0 Å². The van der Waals surface area contributed by atoms with Crippen LogP contribution in [-0.2, 0) is 10.0 Å². The Morgan fingerprint density at radius 1 is 1.30 bits per heavy atom. The van der Waals surface area contributed by atoms with Gasteiger partial charge in [-0.05, 0) is 26.7 Å². The maximum atomic E-state index is 12.6. The first-order valence-electron chi connectivity index (χ1n) is 6.35. The van der Waals surface area contributed by atoms with E-state index in [4.69, 9.17) is 5.11 Å². The molecule has 0 spiro atoms. The van der Waals surface area contributed by atoms with Gasteiger partial charge in [-0.2, -0.15) is 4.31 Å². The quantitative estimate of drug-likeness (QED) is 0.752. The molecule has 0 saturated carbocycles. The minimum absolute atomic E-state index is 0.0336. The zero-order valence-electron chi connectivity index (χ0n) is 11.4. The van der Waals surface area contributed by atoms with Crippen molar-refractivity contribution in [1.82, 2.24) is 9.29 Å². The highest BCUT2D eigenvalue weighted by Crippen LogP contribution is 2.28. The molecule has 0 aliphatic carbocycles. The van der Waals surface area contributed by atoms with E-state index in [1.165, 1.54) is 11.2 Å². The standard InChI is InChI=1S/C12H18N2O5S/c1-7-10(12(16)17)13-8(2)11(7)20(18,19)14-5-3-9(15)4-6-14/h9,13,15H,3-6H2,1-2H3,(H,16,17). The Morgan fingerprint density at radius 3 is 2.30 bits per heavy atom. The van der Waals surface area contributed by atoms with Gasteiger partial charge in [0.25, 0.3) is 0 Å². The van der Waals surface area contributed by atoms with Gasteiger partial charge >= 0.3 is 5.97 Å². The molecular weight excluding hydrogens is 284 g/mol. The van der Waals surface area contributed by atoms with E-state index in [-0.39, 0.29) is 29.2 Å². The number of aliphatic hydroxyl groups excluding tert-OH is 1. The summed E-state index contributed by atoms with van der Waals surface area (Å²) in [5.74, 6) is -1.18. The molecule has 0 bridgehead atoms. The number of aliphatic hydroxyl groups is 1. The first-order chi connectivity index (χ1) is 9.25. The number of carboxylic acids is 1. The number of nitrogens with one attached hydrogen (secondary N) is 1. The number of aromatic nitrogens is 1. The monoisotopic (exact) mass is 302 g/mol. The van der Waals surface area contributed by atoms with Gasteiger partial charge in [-0.25, -0.2) is 13.2 Å². The van der Waals surface area contributed by atoms with Crippen LogP contribution in [0, 0.1) is 13.8 Å². The highest BCUT2D eigenvalue weighted by atomic mass is 32.2. The average molecular weight is 302 g/mol. The molecule has 0 atom stereocenters. The van der Waals surface area contributed by atoms with Crippen molar-refractivity contribution in [1.29, 1.82) is 0 Å². The van der Waals surface area contributed by atoms with Gasteiger partial charge in [-0.1, -0.05) is 0 Å². The molecule has 1 aromatic rings. The van der Waals surface area contributed by atoms with Crippen LogP contribution in [0.4, 0.5) is 0 Å². The number of rotatable bonds is 3. The number of aromatic amines is 1. The fraction of sp³-hybridized carbons (Fsp3) is 0.583. The number of carbonyl (C=O) groups is 1. The van der Waals surface area contributed by atoms with Crippen molar-refractivity contribution in [2.45, 2.75) is 37.7 Å². The number of piperidine rings is 1. The number of H-pyrrole nitrogens is 1. The molecule has 2 rings (SSSR count). The summed E-state index contributed by atoms with van der Waals surface area (Å²) < 4.78 is 26.5. The number of aryl methyl sites for hydroxylation is 1. The summed E-state index contributed by atoms with van der Waals surface area (Å²) in [7, 11) is -3.73. The third-order valence-corrected chi connectivity index (χ3v) is 5.78. The van der Waals surface area contributed by atoms with Crippen LogP contribution in [0.25, 0.3) is 0 Å². The molecule has 1 aliphatic rings. The number of hydrogen-bond donors (Lipinski definition) is 3. The van der Waals surface area contributed by atoms with Crippen LogP contribution in [0.1, 0.15) is 34.6 Å². The van der Waals surface area contributed by atoms with E-state index in [0.29, 0.717) is 18.5 Å². The van der Waals surface area contributed by atoms with E-state index >= 15 is 0 Å². The molecule has 8 heteroatoms. The zero-order valence-corrected chi connectivity index (χ0v) is 12.2. The lowest BCUT2D eigenvalue weighted by Crippen LogP contribution is -2.40. The second-order valence-electron chi connectivity index (χ2n) is 5.02. The first kappa shape index (κ1) is 15.0. The molecule has 1 aromatic heterocycles. The summed E-state index contributed by atoms with van der Waals surface area (Å²) in [5.41, 5.74) is 0.449. The third-order valence-electron chi connectivity index (χ3n) is 3.60. The number of sulfonamides is 1. The predicted octanol–water partition coefficient (Wildman–Crippen LogP) is 0.475. The topological polar surface area (TPSA) is 111 Å². The Labute approximate surface area is 117 Å². The summed E-state index contributed by atoms with van der Waals surface area (Å²) in [4.78, 5) is 13.7. The van der Waals surface area contributed by atoms with Crippen molar-refractivity contribution in [3.63, 3.8) is 0 Å². The minimum Gasteiger partial charge on any atom is -0.477 e. The van der Waals surface area contributed by atoms with Crippen molar-refractivity contribution in [3.05, 3.63) is 17.0 Å². The maximum absolute atomic E-state index is 12.6. The van der Waals surface area contributed by atoms with Crippen molar-refractivity contribution < 1.29 is 23.4 Å². The van der Waals surface area contributed by atoms with Gasteiger partial charge in [0.05, 0.1) is 6.10 Å². The lowest BCUT2D eigenvalue weighted by atomic mass is 10.1. The summed E-state index contributed by atoms with van der Waals surface area (Å²) >= 11 is 0. The Hall–Kier alpha value is -1.38. The Kier molecular flexibility index (Phi) is 3.90. The van der Waals surface area contributed by atoms with Crippen molar-refractivity contribution in [2.75, 3.05) is 13.1 Å². The van der Waals surface area contributed by atoms with Crippen LogP contribution in [-0.4, -0.2) is 53.1 Å². The van der Waals surface area contributed by atoms with Gasteiger partial charge < -0.3 is 15.2 Å². The largest absolute Gasteiger partial charge is 0.477 e.